The minimum Gasteiger partial charge on any atom is -0.481 e. The average molecular weight is 489 g/mol. The third-order valence-corrected chi connectivity index (χ3v) is 7.76. The molecule has 0 aliphatic rings. The number of hydrogen-bond acceptors (Lipinski definition) is 3. The molecule has 0 aliphatic heterocycles. The highest BCUT2D eigenvalue weighted by Gasteiger charge is 2.41. The Hall–Kier alpha value is -1.75. The second-order valence-electron chi connectivity index (χ2n) is 8.58. The largest absolute Gasteiger partial charge is 0.481 e. The lowest BCUT2D eigenvalue weighted by atomic mass is 9.78. The molecular formula is C26H37BrN2O2. The van der Waals surface area contributed by atoms with Gasteiger partial charge in [0, 0.05) is 16.6 Å². The van der Waals surface area contributed by atoms with E-state index in [1.165, 1.54) is 44.9 Å². The van der Waals surface area contributed by atoms with Gasteiger partial charge in [-0.1, -0.05) is 99.0 Å². The van der Waals surface area contributed by atoms with Gasteiger partial charge >= 0.3 is 5.97 Å². The number of hydrogen-bond donors (Lipinski definition) is 1. The van der Waals surface area contributed by atoms with Gasteiger partial charge in [0.25, 0.3) is 0 Å². The van der Waals surface area contributed by atoms with Crippen molar-refractivity contribution in [1.82, 2.24) is 9.97 Å². The van der Waals surface area contributed by atoms with E-state index in [4.69, 9.17) is 0 Å². The van der Waals surface area contributed by atoms with Crippen molar-refractivity contribution in [2.45, 2.75) is 95.2 Å². The molecule has 0 saturated heterocycles. The van der Waals surface area contributed by atoms with Crippen molar-refractivity contribution in [1.29, 1.82) is 0 Å². The van der Waals surface area contributed by atoms with Crippen LogP contribution in [0.4, 0.5) is 0 Å². The van der Waals surface area contributed by atoms with Crippen LogP contribution in [-0.4, -0.2) is 25.9 Å². The Bertz CT molecular complexity index is 792. The summed E-state index contributed by atoms with van der Waals surface area (Å²) >= 11 is 3.55. The van der Waals surface area contributed by atoms with E-state index in [0.29, 0.717) is 0 Å². The molecule has 31 heavy (non-hydrogen) atoms. The fourth-order valence-electron chi connectivity index (χ4n) is 3.91. The first kappa shape index (κ1) is 25.5. The Morgan fingerprint density at radius 2 is 1.58 bits per heavy atom. The molecule has 0 aliphatic carbocycles. The fourth-order valence-corrected chi connectivity index (χ4v) is 4.37. The first-order valence-electron chi connectivity index (χ1n) is 11.7. The molecule has 1 aromatic carbocycles. The highest BCUT2D eigenvalue weighted by atomic mass is 79.9. The van der Waals surface area contributed by atoms with Crippen LogP contribution in [0.2, 0.25) is 0 Å². The number of halogens is 1. The number of alkyl halides is 1. The lowest BCUT2D eigenvalue weighted by molar-refractivity contribution is -0.143. The maximum atomic E-state index is 11.9. The molecule has 1 aromatic heterocycles. The minimum atomic E-state index is -0.973. The van der Waals surface area contributed by atoms with Gasteiger partial charge in [0.05, 0.1) is 17.6 Å². The first-order chi connectivity index (χ1) is 14.9. The molecule has 2 aromatic rings. The number of aromatic nitrogens is 2. The molecule has 0 saturated carbocycles. The summed E-state index contributed by atoms with van der Waals surface area (Å²) in [5.74, 6) is -0.825. The Labute approximate surface area is 196 Å². The zero-order valence-electron chi connectivity index (χ0n) is 19.2. The van der Waals surface area contributed by atoms with Crippen molar-refractivity contribution < 1.29 is 9.90 Å². The quantitative estimate of drug-likeness (QED) is 0.223. The van der Waals surface area contributed by atoms with Gasteiger partial charge in [-0.2, -0.15) is 0 Å². The molecule has 0 amide bonds. The SMILES string of the molecule is CCCCCCCCCCc1cnc(-c2ccc(C(C)(C(=O)O)C(Br)CC)cc2)cn1. The van der Waals surface area contributed by atoms with Crippen LogP contribution < -0.4 is 0 Å². The van der Waals surface area contributed by atoms with Gasteiger partial charge < -0.3 is 5.11 Å². The summed E-state index contributed by atoms with van der Waals surface area (Å²) in [6.07, 6.45) is 15.9. The van der Waals surface area contributed by atoms with Crippen LogP contribution in [0.3, 0.4) is 0 Å². The summed E-state index contributed by atoms with van der Waals surface area (Å²) in [6, 6.07) is 7.66. The molecule has 5 heteroatoms. The van der Waals surface area contributed by atoms with E-state index in [9.17, 15) is 9.90 Å². The van der Waals surface area contributed by atoms with Crippen LogP contribution in [-0.2, 0) is 16.6 Å². The third kappa shape index (κ3) is 7.13. The average Bonchev–Trinajstić information content (AvgIpc) is 2.80. The summed E-state index contributed by atoms with van der Waals surface area (Å²) in [4.78, 5) is 21.0. The zero-order valence-corrected chi connectivity index (χ0v) is 20.8. The van der Waals surface area contributed by atoms with E-state index in [2.05, 4.69) is 32.8 Å². The predicted octanol–water partition coefficient (Wildman–Crippen LogP) is 7.34. The smallest absolute Gasteiger partial charge is 0.314 e. The Balaban J connectivity index is 1.91. The van der Waals surface area contributed by atoms with Gasteiger partial charge in [-0.05, 0) is 31.7 Å². The number of nitrogens with zero attached hydrogens (tertiary/aromatic N) is 2. The van der Waals surface area contributed by atoms with E-state index in [1.807, 2.05) is 43.6 Å². The number of benzene rings is 1. The van der Waals surface area contributed by atoms with E-state index >= 15 is 0 Å². The summed E-state index contributed by atoms with van der Waals surface area (Å²) in [7, 11) is 0. The molecule has 0 bridgehead atoms. The maximum absolute atomic E-state index is 11.9. The van der Waals surface area contributed by atoms with E-state index < -0.39 is 11.4 Å². The van der Waals surface area contributed by atoms with E-state index in [0.717, 1.165) is 41.8 Å². The highest BCUT2D eigenvalue weighted by Crippen LogP contribution is 2.35. The van der Waals surface area contributed by atoms with Crippen molar-refractivity contribution >= 4 is 21.9 Å². The molecule has 0 spiro atoms. The molecular weight excluding hydrogens is 452 g/mol. The monoisotopic (exact) mass is 488 g/mol. The molecule has 2 atom stereocenters. The van der Waals surface area contributed by atoms with Crippen LogP contribution in [0.5, 0.6) is 0 Å². The topological polar surface area (TPSA) is 63.1 Å². The van der Waals surface area contributed by atoms with Crippen molar-refractivity contribution in [3.8, 4) is 11.3 Å². The Kier molecular flexibility index (Phi) is 10.7. The predicted molar refractivity (Wildman–Crippen MR) is 132 cm³/mol. The van der Waals surface area contributed by atoms with Gasteiger partial charge in [0.15, 0.2) is 0 Å². The van der Waals surface area contributed by atoms with Crippen molar-refractivity contribution in [3.05, 3.63) is 47.9 Å². The number of aryl methyl sites for hydroxylation is 1. The van der Waals surface area contributed by atoms with Crippen LogP contribution in [0.25, 0.3) is 11.3 Å². The second-order valence-corrected chi connectivity index (χ2v) is 9.68. The number of unbranched alkanes of at least 4 members (excludes halogenated alkanes) is 7. The zero-order chi connectivity index (χ0) is 22.7. The molecule has 2 unspecified atom stereocenters. The number of aliphatic carboxylic acids is 1. The van der Waals surface area contributed by atoms with Crippen LogP contribution in [0.1, 0.15) is 89.8 Å². The Morgan fingerprint density at radius 3 is 2.10 bits per heavy atom. The lowest BCUT2D eigenvalue weighted by Gasteiger charge is -2.30. The van der Waals surface area contributed by atoms with Gasteiger partial charge in [0.1, 0.15) is 5.41 Å². The van der Waals surface area contributed by atoms with Crippen LogP contribution in [0.15, 0.2) is 36.7 Å². The molecule has 0 fully saturated rings. The molecule has 2 rings (SSSR count). The molecule has 1 heterocycles. The number of carbonyl (C=O) groups is 1. The van der Waals surface area contributed by atoms with Gasteiger partial charge in [-0.25, -0.2) is 0 Å². The minimum absolute atomic E-state index is 0.140. The first-order valence-corrected chi connectivity index (χ1v) is 12.6. The summed E-state index contributed by atoms with van der Waals surface area (Å²) < 4.78 is 0. The normalized spacial score (nSPS) is 14.2. The van der Waals surface area contributed by atoms with Gasteiger partial charge in [-0.3, -0.25) is 14.8 Å². The van der Waals surface area contributed by atoms with Gasteiger partial charge in [0.2, 0.25) is 0 Å². The van der Waals surface area contributed by atoms with Crippen molar-refractivity contribution in [2.24, 2.45) is 0 Å². The maximum Gasteiger partial charge on any atom is 0.314 e. The number of rotatable bonds is 14. The summed E-state index contributed by atoms with van der Waals surface area (Å²) in [5.41, 5.74) is 2.61. The molecule has 4 nitrogen and oxygen atoms in total. The number of carboxylic acids is 1. The van der Waals surface area contributed by atoms with Crippen molar-refractivity contribution in [2.75, 3.05) is 0 Å². The second kappa shape index (κ2) is 12.9. The van der Waals surface area contributed by atoms with Crippen LogP contribution in [0, 0.1) is 0 Å². The Morgan fingerprint density at radius 1 is 0.968 bits per heavy atom. The molecule has 170 valence electrons. The summed E-state index contributed by atoms with van der Waals surface area (Å²) in [6.45, 7) is 6.01. The number of carboxylic acid groups (broad SMARTS) is 1. The highest BCUT2D eigenvalue weighted by molar-refractivity contribution is 9.09. The standard InChI is InChI=1S/C26H37BrN2O2/c1-4-6-7-8-9-10-11-12-13-22-18-29-23(19-28-22)20-14-16-21(17-15-20)26(3,25(30)31)24(27)5-2/h14-19,24H,4-13H2,1-3H3,(H,30,31). The van der Waals surface area contributed by atoms with Gasteiger partial charge in [-0.15, -0.1) is 0 Å². The third-order valence-electron chi connectivity index (χ3n) is 6.20. The van der Waals surface area contributed by atoms with Crippen molar-refractivity contribution in [3.63, 3.8) is 0 Å². The molecule has 0 radical (unpaired) electrons. The van der Waals surface area contributed by atoms with E-state index in [1.54, 1.807) is 6.92 Å². The lowest BCUT2D eigenvalue weighted by Crippen LogP contribution is -2.40. The summed E-state index contributed by atoms with van der Waals surface area (Å²) in [5, 5.41) is 9.80. The van der Waals surface area contributed by atoms with E-state index in [-0.39, 0.29) is 4.83 Å². The fraction of sp³-hybridized carbons (Fsp3) is 0.577. The van der Waals surface area contributed by atoms with Crippen LogP contribution >= 0.6 is 15.9 Å². The molecule has 1 N–H and O–H groups in total.